The molecule has 0 aliphatic heterocycles. The highest BCUT2D eigenvalue weighted by Gasteiger charge is 2.32. The van der Waals surface area contributed by atoms with Crippen molar-refractivity contribution in [2.45, 2.75) is 32.3 Å². The van der Waals surface area contributed by atoms with Crippen molar-refractivity contribution in [3.05, 3.63) is 90.8 Å². The molecular weight excluding hydrogens is 564 g/mol. The zero-order valence-electron chi connectivity index (χ0n) is 20.0. The molecule has 2 atom stereocenters. The summed E-state index contributed by atoms with van der Waals surface area (Å²) in [6.45, 7) is 3.19. The van der Waals surface area contributed by atoms with Gasteiger partial charge in [-0.15, -0.1) is 0 Å². The molecular formula is C26H23Cl4NO6. The van der Waals surface area contributed by atoms with Gasteiger partial charge in [0, 0.05) is 18.4 Å². The van der Waals surface area contributed by atoms with Gasteiger partial charge in [0.1, 0.15) is 6.10 Å². The second-order valence-electron chi connectivity index (χ2n) is 8.40. The second-order valence-corrected chi connectivity index (χ2v) is 10.0. The lowest BCUT2D eigenvalue weighted by Gasteiger charge is -2.27. The van der Waals surface area contributed by atoms with Crippen LogP contribution in [0.4, 0.5) is 0 Å². The van der Waals surface area contributed by atoms with E-state index in [1.54, 1.807) is 43.3 Å². The lowest BCUT2D eigenvalue weighted by atomic mass is 9.87. The number of pyridine rings is 1. The molecule has 196 valence electrons. The van der Waals surface area contributed by atoms with Crippen molar-refractivity contribution in [2.75, 3.05) is 7.11 Å². The number of aromatic hydroxyl groups is 1. The van der Waals surface area contributed by atoms with E-state index in [0.29, 0.717) is 31.2 Å². The van der Waals surface area contributed by atoms with Crippen LogP contribution in [0.3, 0.4) is 0 Å². The third-order valence-corrected chi connectivity index (χ3v) is 7.27. The fourth-order valence-electron chi connectivity index (χ4n) is 3.90. The summed E-state index contributed by atoms with van der Waals surface area (Å²) >= 11 is 24.7. The Balaban J connectivity index is 1.84. The number of halogens is 4. The van der Waals surface area contributed by atoms with Crippen molar-refractivity contribution in [1.82, 2.24) is 0 Å². The maximum atomic E-state index is 13.0. The maximum Gasteiger partial charge on any atom is 0.309 e. The van der Waals surface area contributed by atoms with E-state index in [2.05, 4.69) is 0 Å². The van der Waals surface area contributed by atoms with Crippen molar-refractivity contribution in [1.29, 1.82) is 0 Å². The topological polar surface area (TPSA) is 99.8 Å². The van der Waals surface area contributed by atoms with Gasteiger partial charge in [0.25, 0.3) is 0 Å². The highest BCUT2D eigenvalue weighted by atomic mass is 35.5. The lowest BCUT2D eigenvalue weighted by Crippen LogP contribution is -2.35. The number of ketones is 1. The van der Waals surface area contributed by atoms with Crippen molar-refractivity contribution in [3.8, 4) is 11.5 Å². The average Bonchev–Trinajstić information content (AvgIpc) is 2.83. The molecule has 0 saturated carbocycles. The van der Waals surface area contributed by atoms with E-state index in [1.807, 2.05) is 0 Å². The molecule has 0 bridgehead atoms. The van der Waals surface area contributed by atoms with Gasteiger partial charge < -0.3 is 19.8 Å². The minimum Gasteiger partial charge on any atom is -0.618 e. The van der Waals surface area contributed by atoms with Crippen LogP contribution >= 0.6 is 46.4 Å². The minimum absolute atomic E-state index is 0.0367. The molecule has 0 amide bonds. The Bertz CT molecular complexity index is 1280. The largest absolute Gasteiger partial charge is 0.618 e. The molecule has 0 aliphatic carbocycles. The van der Waals surface area contributed by atoms with Gasteiger partial charge in [0.15, 0.2) is 11.9 Å². The molecule has 1 aromatic heterocycles. The van der Waals surface area contributed by atoms with E-state index < -0.39 is 41.1 Å². The fourth-order valence-corrected chi connectivity index (χ4v) is 4.51. The average molecular weight is 587 g/mol. The van der Waals surface area contributed by atoms with E-state index in [0.717, 1.165) is 6.20 Å². The molecule has 0 aliphatic rings. The minimum atomic E-state index is -0.927. The van der Waals surface area contributed by atoms with Gasteiger partial charge in [-0.1, -0.05) is 65.5 Å². The van der Waals surface area contributed by atoms with E-state index in [4.69, 9.17) is 55.9 Å². The predicted octanol–water partition coefficient (Wildman–Crippen LogP) is 6.62. The first kappa shape index (κ1) is 28.9. The Morgan fingerprint density at radius 3 is 1.97 bits per heavy atom. The first-order valence-electron chi connectivity index (χ1n) is 11.1. The van der Waals surface area contributed by atoms with E-state index in [9.17, 15) is 19.9 Å². The lowest BCUT2D eigenvalue weighted by molar-refractivity contribution is -0.608. The third-order valence-electron chi connectivity index (χ3n) is 5.79. The SMILES string of the molecule is COc1cc[n+]([O-])c(C(=O)C[C@@H](C)C(=O)O[C@@H](C)C(c2ccc(Cl)c(Cl)c2)c2ccc(Cl)c(Cl)c2)c1O. The number of rotatable bonds is 9. The van der Waals surface area contributed by atoms with Gasteiger partial charge >= 0.3 is 11.7 Å². The van der Waals surface area contributed by atoms with Crippen molar-refractivity contribution in [3.63, 3.8) is 0 Å². The molecule has 37 heavy (non-hydrogen) atoms. The Labute approximate surface area is 234 Å². The number of hydrogen-bond donors (Lipinski definition) is 1. The number of benzene rings is 2. The van der Waals surface area contributed by atoms with Gasteiger partial charge in [-0.2, -0.15) is 4.73 Å². The summed E-state index contributed by atoms with van der Waals surface area (Å²) in [7, 11) is 1.29. The number of Topliss-reactive ketones (excluding diaryl/α,β-unsaturated/α-hetero) is 1. The molecule has 2 aromatic carbocycles. The van der Waals surface area contributed by atoms with Gasteiger partial charge in [0.2, 0.25) is 11.5 Å². The second kappa shape index (κ2) is 12.2. The summed E-state index contributed by atoms with van der Waals surface area (Å²) in [5.41, 5.74) is 0.910. The molecule has 1 N–H and O–H groups in total. The predicted molar refractivity (Wildman–Crippen MR) is 142 cm³/mol. The highest BCUT2D eigenvalue weighted by molar-refractivity contribution is 6.42. The van der Waals surface area contributed by atoms with E-state index in [-0.39, 0.29) is 16.9 Å². The van der Waals surface area contributed by atoms with Crippen LogP contribution < -0.4 is 9.47 Å². The normalized spacial score (nSPS) is 12.8. The molecule has 0 radical (unpaired) electrons. The van der Waals surface area contributed by atoms with Crippen molar-refractivity contribution < 1.29 is 28.9 Å². The first-order chi connectivity index (χ1) is 17.4. The summed E-state index contributed by atoms with van der Waals surface area (Å²) in [6, 6.07) is 11.4. The van der Waals surface area contributed by atoms with Crippen LogP contribution in [0.15, 0.2) is 48.7 Å². The quantitative estimate of drug-likeness (QED) is 0.131. The molecule has 3 rings (SSSR count). The van der Waals surface area contributed by atoms with Crippen LogP contribution in [0.5, 0.6) is 11.5 Å². The summed E-state index contributed by atoms with van der Waals surface area (Å²) in [6.07, 6.45) is -0.0662. The molecule has 11 heteroatoms. The molecule has 1 heterocycles. The number of carbonyl (C=O) groups is 2. The standard InChI is InChI=1S/C26H23Cl4NO6/c1-13(10-21(32)24-25(33)22(36-3)8-9-31(24)35)26(34)37-14(2)23(15-4-6-17(27)19(29)11-15)16-5-7-18(28)20(30)12-16/h4-9,11-14,23,33H,10H2,1-3H3/t13-,14+/m1/s1. The Morgan fingerprint density at radius 1 is 0.946 bits per heavy atom. The smallest absolute Gasteiger partial charge is 0.309 e. The monoisotopic (exact) mass is 585 g/mol. The number of aromatic nitrogens is 1. The third kappa shape index (κ3) is 6.60. The van der Waals surface area contributed by atoms with Crippen LogP contribution in [0.1, 0.15) is 47.8 Å². The van der Waals surface area contributed by atoms with Crippen molar-refractivity contribution >= 4 is 58.2 Å². The number of ether oxygens (including phenoxy) is 2. The summed E-state index contributed by atoms with van der Waals surface area (Å²) in [5, 5.41) is 23.7. The number of hydrogen-bond acceptors (Lipinski definition) is 6. The fraction of sp³-hybridized carbons (Fsp3) is 0.269. The molecule has 0 unspecified atom stereocenters. The number of methoxy groups -OCH3 is 1. The Kier molecular flexibility index (Phi) is 9.53. The van der Waals surface area contributed by atoms with Crippen LogP contribution in [0.2, 0.25) is 20.1 Å². The molecule has 7 nitrogen and oxygen atoms in total. The molecule has 3 aromatic rings. The summed E-state index contributed by atoms with van der Waals surface area (Å²) in [5.74, 6) is -3.48. The summed E-state index contributed by atoms with van der Waals surface area (Å²) < 4.78 is 10.9. The molecule has 0 fully saturated rings. The van der Waals surface area contributed by atoms with Crippen LogP contribution in [-0.2, 0) is 9.53 Å². The van der Waals surface area contributed by atoms with E-state index >= 15 is 0 Å². The first-order valence-corrected chi connectivity index (χ1v) is 12.6. The zero-order valence-corrected chi connectivity index (χ0v) is 23.0. The molecule has 0 saturated heterocycles. The van der Waals surface area contributed by atoms with Gasteiger partial charge in [-0.3, -0.25) is 9.59 Å². The molecule has 0 spiro atoms. The maximum absolute atomic E-state index is 13.0. The summed E-state index contributed by atoms with van der Waals surface area (Å²) in [4.78, 5) is 25.8. The Morgan fingerprint density at radius 2 is 1.49 bits per heavy atom. The Hall–Kier alpha value is -2.71. The van der Waals surface area contributed by atoms with Gasteiger partial charge in [0.05, 0.1) is 33.1 Å². The number of carbonyl (C=O) groups excluding carboxylic acids is 2. The van der Waals surface area contributed by atoms with Crippen LogP contribution in [0.25, 0.3) is 0 Å². The highest BCUT2D eigenvalue weighted by Crippen LogP contribution is 2.36. The van der Waals surface area contributed by atoms with Crippen LogP contribution in [-0.4, -0.2) is 30.1 Å². The number of nitrogens with zero attached hydrogens (tertiary/aromatic N) is 1. The van der Waals surface area contributed by atoms with Gasteiger partial charge in [-0.05, 0) is 42.3 Å². The van der Waals surface area contributed by atoms with Gasteiger partial charge in [-0.25, -0.2) is 0 Å². The number of esters is 1. The van der Waals surface area contributed by atoms with Crippen molar-refractivity contribution in [2.24, 2.45) is 5.92 Å². The van der Waals surface area contributed by atoms with E-state index in [1.165, 1.54) is 20.1 Å². The van der Waals surface area contributed by atoms with Crippen LogP contribution in [0, 0.1) is 11.1 Å². The zero-order chi connectivity index (χ0) is 27.4.